The number of benzene rings is 3. The van der Waals surface area contributed by atoms with Crippen LogP contribution in [0.3, 0.4) is 0 Å². The Bertz CT molecular complexity index is 1460. The lowest BCUT2D eigenvalue weighted by Crippen LogP contribution is -2.61. The van der Waals surface area contributed by atoms with Gasteiger partial charge in [-0.3, -0.25) is 14.5 Å². The Kier molecular flexibility index (Phi) is 10.7. The molecule has 2 saturated heterocycles. The number of amides is 2. The highest BCUT2D eigenvalue weighted by Crippen LogP contribution is 2.45. The van der Waals surface area contributed by atoms with Crippen molar-refractivity contribution < 1.29 is 14.3 Å². The van der Waals surface area contributed by atoms with Gasteiger partial charge in [-0.05, 0) is 101 Å². The number of halogens is 3. The van der Waals surface area contributed by atoms with E-state index in [2.05, 4.69) is 34.4 Å². The maximum Gasteiger partial charge on any atom is 0.253 e. The molecule has 0 spiro atoms. The van der Waals surface area contributed by atoms with E-state index in [1.54, 1.807) is 0 Å². The second-order valence-corrected chi connectivity index (χ2v) is 14.7. The van der Waals surface area contributed by atoms with Gasteiger partial charge in [-0.25, -0.2) is 0 Å². The van der Waals surface area contributed by atoms with Crippen molar-refractivity contribution in [3.8, 4) is 0 Å². The lowest BCUT2D eigenvalue weighted by Gasteiger charge is -2.49. The quantitative estimate of drug-likeness (QED) is 0.200. The largest absolute Gasteiger partial charge is 0.358 e. The predicted octanol–water partition coefficient (Wildman–Crippen LogP) is 7.57. The Morgan fingerprint density at radius 3 is 2.07 bits per heavy atom. The molecular formula is C36H40Cl2IN3O3. The average Bonchev–Trinajstić information content (AvgIpc) is 3.87. The van der Waals surface area contributed by atoms with Crippen LogP contribution in [0.2, 0.25) is 10.0 Å². The molecule has 3 fully saturated rings. The number of carbonyl (C=O) groups is 2. The zero-order chi connectivity index (χ0) is 31.5. The van der Waals surface area contributed by atoms with Crippen molar-refractivity contribution >= 4 is 57.6 Å². The van der Waals surface area contributed by atoms with E-state index in [1.165, 1.54) is 12.8 Å². The number of piperazine rings is 1. The van der Waals surface area contributed by atoms with Gasteiger partial charge in [0.2, 0.25) is 5.91 Å². The van der Waals surface area contributed by atoms with Gasteiger partial charge in [0.05, 0.1) is 6.04 Å². The van der Waals surface area contributed by atoms with Crippen molar-refractivity contribution in [2.24, 2.45) is 5.92 Å². The third-order valence-corrected chi connectivity index (χ3v) is 10.5. The van der Waals surface area contributed by atoms with Crippen LogP contribution >= 0.6 is 45.8 Å². The number of nitrogens with zero attached hydrogens (tertiary/aromatic N) is 3. The van der Waals surface area contributed by atoms with Gasteiger partial charge < -0.3 is 14.5 Å². The minimum atomic E-state index is -0.753. The molecular weight excluding hydrogens is 720 g/mol. The molecule has 3 aliphatic rings. The first-order valence-corrected chi connectivity index (χ1v) is 17.9. The second-order valence-electron chi connectivity index (χ2n) is 12.5. The summed E-state index contributed by atoms with van der Waals surface area (Å²) in [6, 6.07) is 22.2. The summed E-state index contributed by atoms with van der Waals surface area (Å²) >= 11 is 14.9. The number of morpholine rings is 1. The maximum atomic E-state index is 14.7. The zero-order valence-electron chi connectivity index (χ0n) is 25.6. The van der Waals surface area contributed by atoms with Crippen LogP contribution in [0.15, 0.2) is 72.8 Å². The molecule has 9 heteroatoms. The Hall–Kier alpha value is -2.17. The van der Waals surface area contributed by atoms with E-state index in [-0.39, 0.29) is 11.8 Å². The molecule has 2 aliphatic heterocycles. The van der Waals surface area contributed by atoms with Crippen LogP contribution in [0.1, 0.15) is 61.4 Å². The van der Waals surface area contributed by atoms with Crippen LogP contribution in [0.4, 0.5) is 0 Å². The minimum Gasteiger partial charge on any atom is -0.358 e. The van der Waals surface area contributed by atoms with Crippen molar-refractivity contribution in [1.82, 2.24) is 14.7 Å². The molecule has 0 radical (unpaired) electrons. The van der Waals surface area contributed by atoms with E-state index in [9.17, 15) is 9.59 Å². The van der Waals surface area contributed by atoms with Crippen LogP contribution in [-0.4, -0.2) is 71.4 Å². The summed E-state index contributed by atoms with van der Waals surface area (Å²) in [7, 11) is 0. The van der Waals surface area contributed by atoms with E-state index in [0.29, 0.717) is 36.0 Å². The summed E-state index contributed by atoms with van der Waals surface area (Å²) in [6.07, 6.45) is 3.12. The molecule has 0 bridgehead atoms. The van der Waals surface area contributed by atoms with Gasteiger partial charge in [0.1, 0.15) is 18.2 Å². The van der Waals surface area contributed by atoms with Crippen LogP contribution in [0.25, 0.3) is 0 Å². The van der Waals surface area contributed by atoms with Crippen LogP contribution in [0, 0.1) is 9.49 Å². The van der Waals surface area contributed by atoms with Crippen molar-refractivity contribution in [1.29, 1.82) is 0 Å². The highest BCUT2D eigenvalue weighted by atomic mass is 127. The fraction of sp³-hybridized carbons (Fsp3) is 0.444. The Morgan fingerprint density at radius 1 is 0.889 bits per heavy atom. The SMILES string of the molecule is CCC[C@@H](C(=O)N1CCN(CC2CC2)CC1)N1C(=O)[C@@H](Cc2ccc(I)cc2)O[C@H](c2ccc(Cl)cc2)[C@@H]1c1ccc(Cl)cc1. The number of rotatable bonds is 10. The summed E-state index contributed by atoms with van der Waals surface area (Å²) in [4.78, 5) is 35.6. The summed E-state index contributed by atoms with van der Waals surface area (Å²) < 4.78 is 7.92. The Labute approximate surface area is 290 Å². The topological polar surface area (TPSA) is 53.1 Å². The van der Waals surface area contributed by atoms with E-state index in [1.807, 2.05) is 82.6 Å². The summed E-state index contributed by atoms with van der Waals surface area (Å²) in [5.41, 5.74) is 2.79. The fourth-order valence-corrected chi connectivity index (χ4v) is 7.28. The third kappa shape index (κ3) is 7.87. The van der Waals surface area contributed by atoms with Crippen molar-refractivity contribution in [2.45, 2.75) is 63.3 Å². The first-order valence-electron chi connectivity index (χ1n) is 16.0. The van der Waals surface area contributed by atoms with Crippen LogP contribution < -0.4 is 0 Å². The number of carbonyl (C=O) groups excluding carboxylic acids is 2. The smallest absolute Gasteiger partial charge is 0.253 e. The van der Waals surface area contributed by atoms with Crippen molar-refractivity contribution in [3.63, 3.8) is 0 Å². The van der Waals surface area contributed by atoms with Gasteiger partial charge >= 0.3 is 0 Å². The third-order valence-electron chi connectivity index (χ3n) is 9.25. The molecule has 3 aromatic carbocycles. The molecule has 2 heterocycles. The number of ether oxygens (including phenoxy) is 1. The maximum absolute atomic E-state index is 14.7. The summed E-state index contributed by atoms with van der Waals surface area (Å²) in [6.45, 7) is 6.33. The summed E-state index contributed by atoms with van der Waals surface area (Å²) in [5.74, 6) is 0.693. The molecule has 6 rings (SSSR count). The fourth-order valence-electron chi connectivity index (χ4n) is 6.67. The molecule has 1 aliphatic carbocycles. The van der Waals surface area contributed by atoms with E-state index in [0.717, 1.165) is 52.2 Å². The van der Waals surface area contributed by atoms with Gasteiger partial charge in [-0.1, -0.05) is 72.9 Å². The number of hydrogen-bond donors (Lipinski definition) is 0. The zero-order valence-corrected chi connectivity index (χ0v) is 29.3. The van der Waals surface area contributed by atoms with Crippen LogP contribution in [0.5, 0.6) is 0 Å². The molecule has 0 unspecified atom stereocenters. The molecule has 1 saturated carbocycles. The van der Waals surface area contributed by atoms with E-state index >= 15 is 0 Å². The van der Waals surface area contributed by atoms with Crippen molar-refractivity contribution in [3.05, 3.63) is 103 Å². The van der Waals surface area contributed by atoms with Gasteiger partial charge in [0, 0.05) is 52.8 Å². The van der Waals surface area contributed by atoms with Crippen molar-refractivity contribution in [2.75, 3.05) is 32.7 Å². The monoisotopic (exact) mass is 759 g/mol. The van der Waals surface area contributed by atoms with Gasteiger partial charge in [0.25, 0.3) is 5.91 Å². The normalized spacial score (nSPS) is 23.3. The highest BCUT2D eigenvalue weighted by Gasteiger charge is 2.49. The minimum absolute atomic E-state index is 0.0278. The predicted molar refractivity (Wildman–Crippen MR) is 187 cm³/mol. The summed E-state index contributed by atoms with van der Waals surface area (Å²) in [5, 5.41) is 1.24. The van der Waals surface area contributed by atoms with E-state index < -0.39 is 24.3 Å². The lowest BCUT2D eigenvalue weighted by molar-refractivity contribution is -0.183. The average molecular weight is 761 g/mol. The molecule has 45 heavy (non-hydrogen) atoms. The standard InChI is InChI=1S/C36H40Cl2IN3O3/c1-2-3-31(35(43)41-20-18-40(19-21-41)23-25-4-5-25)42-33(26-8-12-28(37)13-9-26)34(27-10-14-29(38)15-11-27)45-32(36(42)44)22-24-6-16-30(39)17-7-24/h6-17,25,31-34H,2-5,18-23H2,1H3/t31-,32+,33-,34+/m0/s1. The Morgan fingerprint density at radius 2 is 1.49 bits per heavy atom. The first-order chi connectivity index (χ1) is 21.8. The first kappa shape index (κ1) is 32.8. The van der Waals surface area contributed by atoms with E-state index in [4.69, 9.17) is 27.9 Å². The van der Waals surface area contributed by atoms with Crippen LogP contribution in [-0.2, 0) is 20.7 Å². The molecule has 0 N–H and O–H groups in total. The molecule has 4 atom stereocenters. The molecule has 3 aromatic rings. The van der Waals surface area contributed by atoms with Gasteiger partial charge in [-0.15, -0.1) is 0 Å². The molecule has 0 aromatic heterocycles. The Balaban J connectivity index is 1.38. The molecule has 2 amide bonds. The molecule has 6 nitrogen and oxygen atoms in total. The lowest BCUT2D eigenvalue weighted by atomic mass is 9.88. The van der Waals surface area contributed by atoms with Gasteiger partial charge in [0.15, 0.2) is 0 Å². The highest BCUT2D eigenvalue weighted by molar-refractivity contribution is 14.1. The molecule has 238 valence electrons. The van der Waals surface area contributed by atoms with Gasteiger partial charge in [-0.2, -0.15) is 0 Å². The second kappa shape index (κ2) is 14.7. The number of hydrogen-bond acceptors (Lipinski definition) is 4.